The molecule has 2 rings (SSSR count). The van der Waals surface area contributed by atoms with E-state index >= 15 is 0 Å². The number of nitrogens with two attached hydrogens (primary N) is 1. The van der Waals surface area contributed by atoms with E-state index in [-0.39, 0.29) is 0 Å². The number of hydrogen-bond acceptors (Lipinski definition) is 2. The average Bonchev–Trinajstić information content (AvgIpc) is 2.44. The summed E-state index contributed by atoms with van der Waals surface area (Å²) in [5.74, 6) is 0.857. The second kappa shape index (κ2) is 4.77. The lowest BCUT2D eigenvalue weighted by Gasteiger charge is -2.26. The predicted octanol–water partition coefficient (Wildman–Crippen LogP) is 3.20. The molecule has 0 aromatic heterocycles. The van der Waals surface area contributed by atoms with Gasteiger partial charge in [-0.3, -0.25) is 0 Å². The minimum atomic E-state index is 0.857. The third-order valence-corrected chi connectivity index (χ3v) is 3.60. The van der Waals surface area contributed by atoms with Crippen molar-refractivity contribution in [2.45, 2.75) is 33.1 Å². The van der Waals surface area contributed by atoms with Crippen molar-refractivity contribution >= 4 is 11.4 Å². The lowest BCUT2D eigenvalue weighted by Crippen LogP contribution is -2.25. The molecular formula is C14H22N2. The van der Waals surface area contributed by atoms with Gasteiger partial charge in [0, 0.05) is 13.1 Å². The summed E-state index contributed by atoms with van der Waals surface area (Å²) in [4.78, 5) is 2.47. The first-order chi connectivity index (χ1) is 7.68. The van der Waals surface area contributed by atoms with Crippen LogP contribution in [-0.2, 0) is 0 Å². The van der Waals surface area contributed by atoms with E-state index in [4.69, 9.17) is 5.73 Å². The molecule has 1 unspecified atom stereocenters. The molecule has 2 nitrogen and oxygen atoms in total. The smallest absolute Gasteiger partial charge is 0.0629 e. The van der Waals surface area contributed by atoms with Crippen molar-refractivity contribution < 1.29 is 0 Å². The molecular weight excluding hydrogens is 196 g/mol. The summed E-state index contributed by atoms with van der Waals surface area (Å²) >= 11 is 0. The van der Waals surface area contributed by atoms with Crippen molar-refractivity contribution in [2.75, 3.05) is 23.7 Å². The molecule has 1 heterocycles. The SMILES string of the molecule is Cc1cccc(N)c1N1CCCC(C)CC1. The van der Waals surface area contributed by atoms with Gasteiger partial charge in [-0.05, 0) is 43.7 Å². The van der Waals surface area contributed by atoms with Gasteiger partial charge in [-0.25, -0.2) is 0 Å². The van der Waals surface area contributed by atoms with Crippen molar-refractivity contribution in [3.05, 3.63) is 23.8 Å². The van der Waals surface area contributed by atoms with Crippen molar-refractivity contribution in [3.8, 4) is 0 Å². The molecule has 0 spiro atoms. The topological polar surface area (TPSA) is 29.3 Å². The van der Waals surface area contributed by atoms with Gasteiger partial charge in [-0.2, -0.15) is 0 Å². The Morgan fingerprint density at radius 1 is 1.25 bits per heavy atom. The molecule has 1 atom stereocenters. The highest BCUT2D eigenvalue weighted by atomic mass is 15.1. The third kappa shape index (κ3) is 2.31. The van der Waals surface area contributed by atoms with Crippen LogP contribution in [0.15, 0.2) is 18.2 Å². The standard InChI is InChI=1S/C14H22N2/c1-11-5-4-9-16(10-8-11)14-12(2)6-3-7-13(14)15/h3,6-7,11H,4-5,8-10,15H2,1-2H3. The molecule has 0 bridgehead atoms. The minimum absolute atomic E-state index is 0.857. The first-order valence-corrected chi connectivity index (χ1v) is 6.28. The van der Waals surface area contributed by atoms with Gasteiger partial charge in [0.1, 0.15) is 0 Å². The van der Waals surface area contributed by atoms with Crippen LogP contribution in [0.2, 0.25) is 0 Å². The second-order valence-electron chi connectivity index (χ2n) is 5.04. The van der Waals surface area contributed by atoms with Gasteiger partial charge in [0.2, 0.25) is 0 Å². The predicted molar refractivity (Wildman–Crippen MR) is 70.8 cm³/mol. The number of rotatable bonds is 1. The quantitative estimate of drug-likeness (QED) is 0.733. The minimum Gasteiger partial charge on any atom is -0.397 e. The van der Waals surface area contributed by atoms with Crippen LogP contribution in [0.4, 0.5) is 11.4 Å². The van der Waals surface area contributed by atoms with E-state index < -0.39 is 0 Å². The number of nitrogens with zero attached hydrogens (tertiary/aromatic N) is 1. The van der Waals surface area contributed by atoms with Crippen molar-refractivity contribution in [2.24, 2.45) is 5.92 Å². The molecule has 88 valence electrons. The zero-order valence-electron chi connectivity index (χ0n) is 10.4. The van der Waals surface area contributed by atoms with Gasteiger partial charge in [0.25, 0.3) is 0 Å². The fourth-order valence-electron chi connectivity index (χ4n) is 2.60. The molecule has 0 aliphatic carbocycles. The molecule has 1 saturated heterocycles. The molecule has 1 aliphatic rings. The highest BCUT2D eigenvalue weighted by molar-refractivity contribution is 5.71. The summed E-state index contributed by atoms with van der Waals surface area (Å²) in [6.45, 7) is 6.81. The molecule has 1 aromatic rings. The van der Waals surface area contributed by atoms with Crippen molar-refractivity contribution in [1.82, 2.24) is 0 Å². The van der Waals surface area contributed by atoms with E-state index in [1.807, 2.05) is 12.1 Å². The summed E-state index contributed by atoms with van der Waals surface area (Å²) in [5, 5.41) is 0. The number of para-hydroxylation sites is 1. The van der Waals surface area contributed by atoms with E-state index in [2.05, 4.69) is 24.8 Å². The Bertz CT molecular complexity index is 340. The maximum Gasteiger partial charge on any atom is 0.0629 e. The van der Waals surface area contributed by atoms with Gasteiger partial charge in [0.15, 0.2) is 0 Å². The van der Waals surface area contributed by atoms with Crippen LogP contribution in [0.25, 0.3) is 0 Å². The van der Waals surface area contributed by atoms with Gasteiger partial charge in [-0.15, -0.1) is 0 Å². The second-order valence-corrected chi connectivity index (χ2v) is 5.04. The Morgan fingerprint density at radius 2 is 2.06 bits per heavy atom. The Balaban J connectivity index is 2.23. The highest BCUT2D eigenvalue weighted by Gasteiger charge is 2.17. The van der Waals surface area contributed by atoms with Crippen LogP contribution < -0.4 is 10.6 Å². The van der Waals surface area contributed by atoms with Gasteiger partial charge < -0.3 is 10.6 Å². The van der Waals surface area contributed by atoms with Crippen molar-refractivity contribution in [1.29, 1.82) is 0 Å². The summed E-state index contributed by atoms with van der Waals surface area (Å²) in [5.41, 5.74) is 9.58. The van der Waals surface area contributed by atoms with E-state index in [0.29, 0.717) is 0 Å². The molecule has 1 aliphatic heterocycles. The summed E-state index contributed by atoms with van der Waals surface area (Å²) < 4.78 is 0. The van der Waals surface area contributed by atoms with Crippen molar-refractivity contribution in [3.63, 3.8) is 0 Å². The van der Waals surface area contributed by atoms with Crippen LogP contribution in [0.3, 0.4) is 0 Å². The molecule has 0 amide bonds. The molecule has 1 fully saturated rings. The van der Waals surface area contributed by atoms with E-state index in [1.54, 1.807) is 0 Å². The lowest BCUT2D eigenvalue weighted by atomic mass is 10.0. The molecule has 16 heavy (non-hydrogen) atoms. The number of benzene rings is 1. The van der Waals surface area contributed by atoms with Crippen LogP contribution in [-0.4, -0.2) is 13.1 Å². The van der Waals surface area contributed by atoms with Crippen LogP contribution in [0.1, 0.15) is 31.7 Å². The average molecular weight is 218 g/mol. The monoisotopic (exact) mass is 218 g/mol. The molecule has 0 saturated carbocycles. The first kappa shape index (κ1) is 11.3. The Hall–Kier alpha value is -1.18. The fourth-order valence-corrected chi connectivity index (χ4v) is 2.60. The lowest BCUT2D eigenvalue weighted by molar-refractivity contribution is 0.521. The number of hydrogen-bond donors (Lipinski definition) is 1. The molecule has 1 aromatic carbocycles. The number of nitrogen functional groups attached to an aromatic ring is 1. The van der Waals surface area contributed by atoms with Gasteiger partial charge in [0.05, 0.1) is 11.4 Å². The maximum atomic E-state index is 6.10. The maximum absolute atomic E-state index is 6.10. The molecule has 2 heteroatoms. The normalized spacial score (nSPS) is 21.9. The zero-order valence-corrected chi connectivity index (χ0v) is 10.4. The number of anilines is 2. The summed E-state index contributed by atoms with van der Waals surface area (Å²) in [6.07, 6.45) is 3.92. The Labute approximate surface area is 98.4 Å². The van der Waals surface area contributed by atoms with E-state index in [0.717, 1.165) is 24.7 Å². The summed E-state index contributed by atoms with van der Waals surface area (Å²) in [6, 6.07) is 6.20. The molecule has 0 radical (unpaired) electrons. The Kier molecular flexibility index (Phi) is 3.37. The largest absolute Gasteiger partial charge is 0.397 e. The van der Waals surface area contributed by atoms with Crippen LogP contribution in [0, 0.1) is 12.8 Å². The zero-order chi connectivity index (χ0) is 11.5. The highest BCUT2D eigenvalue weighted by Crippen LogP contribution is 2.30. The Morgan fingerprint density at radius 3 is 2.81 bits per heavy atom. The third-order valence-electron chi connectivity index (χ3n) is 3.60. The number of aryl methyl sites for hydroxylation is 1. The first-order valence-electron chi connectivity index (χ1n) is 6.28. The van der Waals surface area contributed by atoms with E-state index in [1.165, 1.54) is 30.5 Å². The van der Waals surface area contributed by atoms with Gasteiger partial charge in [-0.1, -0.05) is 19.1 Å². The van der Waals surface area contributed by atoms with Crippen LogP contribution in [0.5, 0.6) is 0 Å². The summed E-state index contributed by atoms with van der Waals surface area (Å²) in [7, 11) is 0. The van der Waals surface area contributed by atoms with Gasteiger partial charge >= 0.3 is 0 Å². The fraction of sp³-hybridized carbons (Fsp3) is 0.571. The van der Waals surface area contributed by atoms with Crippen LogP contribution >= 0.6 is 0 Å². The molecule has 2 N–H and O–H groups in total. The van der Waals surface area contributed by atoms with E-state index in [9.17, 15) is 0 Å².